The van der Waals surface area contributed by atoms with E-state index in [1.54, 1.807) is 23.9 Å². The van der Waals surface area contributed by atoms with E-state index < -0.39 is 0 Å². The van der Waals surface area contributed by atoms with Crippen LogP contribution in [0.3, 0.4) is 0 Å². The lowest BCUT2D eigenvalue weighted by atomic mass is 10.2. The van der Waals surface area contributed by atoms with Crippen molar-refractivity contribution in [3.8, 4) is 11.5 Å². The molecule has 3 heteroatoms. The monoisotopic (exact) mass is 246 g/mol. The second-order valence-electron chi connectivity index (χ2n) is 3.71. The SMILES string of the molecule is CCc1ccccc1Sc1ccc(O)c(O)c1. The Bertz CT molecular complexity index is 523. The summed E-state index contributed by atoms with van der Waals surface area (Å²) in [6.45, 7) is 2.12. The number of hydrogen-bond acceptors (Lipinski definition) is 3. The number of rotatable bonds is 3. The van der Waals surface area contributed by atoms with E-state index in [0.717, 1.165) is 11.3 Å². The number of aryl methyl sites for hydroxylation is 1. The molecule has 0 radical (unpaired) electrons. The van der Waals surface area contributed by atoms with Crippen molar-refractivity contribution in [3.63, 3.8) is 0 Å². The Morgan fingerprint density at radius 3 is 2.47 bits per heavy atom. The van der Waals surface area contributed by atoms with E-state index in [2.05, 4.69) is 19.1 Å². The Morgan fingerprint density at radius 1 is 1.00 bits per heavy atom. The van der Waals surface area contributed by atoms with Crippen molar-refractivity contribution in [2.24, 2.45) is 0 Å². The van der Waals surface area contributed by atoms with Crippen LogP contribution in [0.25, 0.3) is 0 Å². The van der Waals surface area contributed by atoms with Gasteiger partial charge in [0.2, 0.25) is 0 Å². The predicted molar refractivity (Wildman–Crippen MR) is 69.7 cm³/mol. The van der Waals surface area contributed by atoms with Gasteiger partial charge in [0.15, 0.2) is 11.5 Å². The number of hydrogen-bond donors (Lipinski definition) is 2. The predicted octanol–water partition coefficient (Wildman–Crippen LogP) is 3.81. The summed E-state index contributed by atoms with van der Waals surface area (Å²) in [7, 11) is 0. The van der Waals surface area contributed by atoms with Crippen LogP contribution in [0.2, 0.25) is 0 Å². The number of phenolic OH excluding ortho intramolecular Hbond substituents is 2. The van der Waals surface area contributed by atoms with Gasteiger partial charge in [0.25, 0.3) is 0 Å². The zero-order valence-corrected chi connectivity index (χ0v) is 10.4. The summed E-state index contributed by atoms with van der Waals surface area (Å²) in [5.74, 6) is -0.165. The van der Waals surface area contributed by atoms with Crippen molar-refractivity contribution < 1.29 is 10.2 Å². The Kier molecular flexibility index (Phi) is 3.59. The van der Waals surface area contributed by atoms with Gasteiger partial charge in [0.1, 0.15) is 0 Å². The van der Waals surface area contributed by atoms with Gasteiger partial charge < -0.3 is 10.2 Å². The molecule has 0 fully saturated rings. The lowest BCUT2D eigenvalue weighted by Gasteiger charge is -2.07. The molecular formula is C14H14O2S. The number of aromatic hydroxyl groups is 2. The average molecular weight is 246 g/mol. The third-order valence-corrected chi connectivity index (χ3v) is 3.64. The van der Waals surface area contributed by atoms with Crippen molar-refractivity contribution in [2.75, 3.05) is 0 Å². The third kappa shape index (κ3) is 2.74. The Hall–Kier alpha value is -1.61. The van der Waals surface area contributed by atoms with Gasteiger partial charge >= 0.3 is 0 Å². The van der Waals surface area contributed by atoms with Crippen LogP contribution in [0.15, 0.2) is 52.3 Å². The van der Waals surface area contributed by atoms with Crippen LogP contribution in [0.4, 0.5) is 0 Å². The first kappa shape index (κ1) is 11.9. The van der Waals surface area contributed by atoms with Gasteiger partial charge in [-0.05, 0) is 36.2 Å². The van der Waals surface area contributed by atoms with Gasteiger partial charge in [-0.3, -0.25) is 0 Å². The summed E-state index contributed by atoms with van der Waals surface area (Å²) >= 11 is 1.59. The highest BCUT2D eigenvalue weighted by Crippen LogP contribution is 2.35. The van der Waals surface area contributed by atoms with Crippen LogP contribution in [-0.2, 0) is 6.42 Å². The van der Waals surface area contributed by atoms with E-state index in [9.17, 15) is 10.2 Å². The summed E-state index contributed by atoms with van der Waals surface area (Å²) in [5.41, 5.74) is 1.28. The van der Waals surface area contributed by atoms with Crippen molar-refractivity contribution in [1.82, 2.24) is 0 Å². The first-order valence-corrected chi connectivity index (χ1v) is 6.30. The second-order valence-corrected chi connectivity index (χ2v) is 4.83. The van der Waals surface area contributed by atoms with Crippen LogP contribution in [-0.4, -0.2) is 10.2 Å². The van der Waals surface area contributed by atoms with Crippen LogP contribution in [0.5, 0.6) is 11.5 Å². The fraction of sp³-hybridized carbons (Fsp3) is 0.143. The molecule has 0 aromatic heterocycles. The van der Waals surface area contributed by atoms with E-state index in [1.165, 1.54) is 16.5 Å². The molecule has 0 amide bonds. The maximum Gasteiger partial charge on any atom is 0.158 e. The molecule has 2 nitrogen and oxygen atoms in total. The summed E-state index contributed by atoms with van der Waals surface area (Å²) in [6, 6.07) is 13.1. The van der Waals surface area contributed by atoms with Gasteiger partial charge in [-0.15, -0.1) is 0 Å². The second kappa shape index (κ2) is 5.15. The molecule has 17 heavy (non-hydrogen) atoms. The van der Waals surface area contributed by atoms with Crippen LogP contribution < -0.4 is 0 Å². The lowest BCUT2D eigenvalue weighted by molar-refractivity contribution is 0.402. The summed E-state index contributed by atoms with van der Waals surface area (Å²) in [5, 5.41) is 18.7. The molecule has 0 saturated carbocycles. The molecule has 0 heterocycles. The van der Waals surface area contributed by atoms with E-state index >= 15 is 0 Å². The van der Waals surface area contributed by atoms with Crippen molar-refractivity contribution >= 4 is 11.8 Å². The fourth-order valence-corrected chi connectivity index (χ4v) is 2.64. The van der Waals surface area contributed by atoms with E-state index in [1.807, 2.05) is 12.1 Å². The van der Waals surface area contributed by atoms with Crippen molar-refractivity contribution in [2.45, 2.75) is 23.1 Å². The molecule has 88 valence electrons. The molecule has 2 aromatic rings. The van der Waals surface area contributed by atoms with Crippen LogP contribution in [0, 0.1) is 0 Å². The first-order valence-electron chi connectivity index (χ1n) is 5.48. The molecule has 0 aliphatic heterocycles. The minimum atomic E-state index is -0.0851. The molecule has 0 bridgehead atoms. The number of benzene rings is 2. The van der Waals surface area contributed by atoms with E-state index in [-0.39, 0.29) is 11.5 Å². The molecule has 2 N–H and O–H groups in total. The third-order valence-electron chi connectivity index (χ3n) is 2.53. The quantitative estimate of drug-likeness (QED) is 0.809. The van der Waals surface area contributed by atoms with Crippen LogP contribution in [0.1, 0.15) is 12.5 Å². The molecule has 0 aliphatic carbocycles. The fourth-order valence-electron chi connectivity index (χ4n) is 1.59. The van der Waals surface area contributed by atoms with Gasteiger partial charge in [-0.1, -0.05) is 36.9 Å². The Balaban J connectivity index is 2.28. The molecular weight excluding hydrogens is 232 g/mol. The minimum absolute atomic E-state index is 0.0796. The minimum Gasteiger partial charge on any atom is -0.504 e. The smallest absolute Gasteiger partial charge is 0.158 e. The Labute approximate surface area is 105 Å². The maximum atomic E-state index is 9.44. The lowest BCUT2D eigenvalue weighted by Crippen LogP contribution is -1.84. The highest BCUT2D eigenvalue weighted by molar-refractivity contribution is 7.99. The molecule has 0 aliphatic rings. The molecule has 0 saturated heterocycles. The molecule has 2 aromatic carbocycles. The van der Waals surface area contributed by atoms with Gasteiger partial charge in [-0.25, -0.2) is 0 Å². The average Bonchev–Trinajstić information content (AvgIpc) is 2.34. The molecule has 0 atom stereocenters. The summed E-state index contributed by atoms with van der Waals surface area (Å²) < 4.78 is 0. The van der Waals surface area contributed by atoms with Crippen LogP contribution >= 0.6 is 11.8 Å². The van der Waals surface area contributed by atoms with Gasteiger partial charge in [0, 0.05) is 9.79 Å². The highest BCUT2D eigenvalue weighted by Gasteiger charge is 2.05. The standard InChI is InChI=1S/C14H14O2S/c1-2-10-5-3-4-6-14(10)17-11-7-8-12(15)13(16)9-11/h3-9,15-16H,2H2,1H3. The molecule has 0 unspecified atom stereocenters. The van der Waals surface area contributed by atoms with Crippen molar-refractivity contribution in [3.05, 3.63) is 48.0 Å². The topological polar surface area (TPSA) is 40.5 Å². The number of phenols is 2. The van der Waals surface area contributed by atoms with E-state index in [0.29, 0.717) is 0 Å². The largest absolute Gasteiger partial charge is 0.504 e. The first-order chi connectivity index (χ1) is 8.20. The zero-order chi connectivity index (χ0) is 12.3. The molecule has 2 rings (SSSR count). The normalized spacial score (nSPS) is 10.4. The van der Waals surface area contributed by atoms with Gasteiger partial charge in [-0.2, -0.15) is 0 Å². The van der Waals surface area contributed by atoms with Crippen molar-refractivity contribution in [1.29, 1.82) is 0 Å². The van der Waals surface area contributed by atoms with Gasteiger partial charge in [0.05, 0.1) is 0 Å². The summed E-state index contributed by atoms with van der Waals surface area (Å²) in [4.78, 5) is 2.10. The summed E-state index contributed by atoms with van der Waals surface area (Å²) in [6.07, 6.45) is 0.979. The van der Waals surface area contributed by atoms with E-state index in [4.69, 9.17) is 0 Å². The highest BCUT2D eigenvalue weighted by atomic mass is 32.2. The zero-order valence-electron chi connectivity index (χ0n) is 9.55. The maximum absolute atomic E-state index is 9.44. The molecule has 0 spiro atoms. The Morgan fingerprint density at radius 2 is 1.76 bits per heavy atom.